The molecule has 0 saturated carbocycles. The fraction of sp³-hybridized carbons (Fsp3) is 0. The number of carbonyl (C=O) groups is 1. The fourth-order valence-corrected chi connectivity index (χ4v) is 1.34. The molecule has 0 bridgehead atoms. The van der Waals surface area contributed by atoms with Crippen molar-refractivity contribution in [3.05, 3.63) is 54.4 Å². The Morgan fingerprint density at radius 2 is 2.17 bits per heavy atom. The van der Waals surface area contributed by atoms with Crippen molar-refractivity contribution in [2.75, 3.05) is 11.1 Å². The maximum Gasteiger partial charge on any atom is 0.249 e. The van der Waals surface area contributed by atoms with Gasteiger partial charge in [0.1, 0.15) is 11.6 Å². The molecule has 0 aliphatic rings. The number of rotatable bonds is 3. The van der Waals surface area contributed by atoms with Crippen LogP contribution in [0.2, 0.25) is 0 Å². The Labute approximate surface area is 104 Å². The van der Waals surface area contributed by atoms with Gasteiger partial charge >= 0.3 is 0 Å². The van der Waals surface area contributed by atoms with Gasteiger partial charge in [0, 0.05) is 18.5 Å². The first kappa shape index (κ1) is 11.8. The number of hydrogen-bond donors (Lipinski definition) is 2. The highest BCUT2D eigenvalue weighted by Gasteiger charge is 1.99. The van der Waals surface area contributed by atoms with Gasteiger partial charge in [0.15, 0.2) is 0 Å². The van der Waals surface area contributed by atoms with Gasteiger partial charge in [-0.3, -0.25) is 9.78 Å². The Morgan fingerprint density at radius 3 is 2.89 bits per heavy atom. The third kappa shape index (κ3) is 3.41. The zero-order valence-corrected chi connectivity index (χ0v) is 9.58. The van der Waals surface area contributed by atoms with E-state index in [0.717, 1.165) is 5.56 Å². The van der Waals surface area contributed by atoms with Crippen LogP contribution in [0.1, 0.15) is 5.56 Å². The van der Waals surface area contributed by atoms with Crippen molar-refractivity contribution in [2.45, 2.75) is 0 Å². The molecule has 0 saturated heterocycles. The summed E-state index contributed by atoms with van der Waals surface area (Å²) in [6.07, 6.45) is 6.44. The lowest BCUT2D eigenvalue weighted by molar-refractivity contribution is -0.111. The molecule has 2 heterocycles. The molecule has 90 valence electrons. The van der Waals surface area contributed by atoms with Crippen LogP contribution in [0.4, 0.5) is 11.6 Å². The Morgan fingerprint density at radius 1 is 1.28 bits per heavy atom. The molecule has 18 heavy (non-hydrogen) atoms. The van der Waals surface area contributed by atoms with Crippen LogP contribution in [0.5, 0.6) is 0 Å². The molecular weight excluding hydrogens is 228 g/mol. The number of nitrogens with two attached hydrogens (primary N) is 1. The smallest absolute Gasteiger partial charge is 0.249 e. The van der Waals surface area contributed by atoms with Crippen LogP contribution in [-0.2, 0) is 4.79 Å². The second kappa shape index (κ2) is 5.58. The molecule has 2 rings (SSSR count). The van der Waals surface area contributed by atoms with Crippen molar-refractivity contribution in [2.24, 2.45) is 0 Å². The van der Waals surface area contributed by atoms with Crippen LogP contribution in [0.3, 0.4) is 0 Å². The summed E-state index contributed by atoms with van der Waals surface area (Å²) in [6.45, 7) is 0. The molecule has 2 aromatic rings. The average Bonchev–Trinajstić information content (AvgIpc) is 2.38. The van der Waals surface area contributed by atoms with Crippen molar-refractivity contribution < 1.29 is 4.79 Å². The van der Waals surface area contributed by atoms with Gasteiger partial charge in [-0.25, -0.2) is 4.98 Å². The molecule has 5 nitrogen and oxygen atoms in total. The van der Waals surface area contributed by atoms with E-state index in [0.29, 0.717) is 11.6 Å². The summed E-state index contributed by atoms with van der Waals surface area (Å²) >= 11 is 0. The van der Waals surface area contributed by atoms with Gasteiger partial charge in [-0.1, -0.05) is 12.1 Å². The quantitative estimate of drug-likeness (QED) is 0.800. The number of carbonyl (C=O) groups excluding carboxylic acids is 1. The number of pyridine rings is 2. The fourth-order valence-electron chi connectivity index (χ4n) is 1.34. The first-order valence-corrected chi connectivity index (χ1v) is 5.36. The van der Waals surface area contributed by atoms with Crippen LogP contribution in [0.15, 0.2) is 48.8 Å². The molecule has 3 N–H and O–H groups in total. The predicted octanol–water partition coefficient (Wildman–Crippen LogP) is 1.71. The zero-order valence-electron chi connectivity index (χ0n) is 9.58. The Balaban J connectivity index is 1.99. The summed E-state index contributed by atoms with van der Waals surface area (Å²) in [5.41, 5.74) is 6.37. The third-order valence-corrected chi connectivity index (χ3v) is 2.13. The number of aromatic nitrogens is 2. The first-order chi connectivity index (χ1) is 8.74. The molecule has 0 spiro atoms. The van der Waals surface area contributed by atoms with Gasteiger partial charge in [0.05, 0.1) is 0 Å². The highest BCUT2D eigenvalue weighted by Crippen LogP contribution is 2.06. The summed E-state index contributed by atoms with van der Waals surface area (Å²) in [7, 11) is 0. The number of anilines is 2. The summed E-state index contributed by atoms with van der Waals surface area (Å²) < 4.78 is 0. The van der Waals surface area contributed by atoms with Crippen molar-refractivity contribution in [3.63, 3.8) is 0 Å². The van der Waals surface area contributed by atoms with E-state index in [1.165, 1.54) is 6.08 Å². The predicted molar refractivity (Wildman–Crippen MR) is 70.6 cm³/mol. The molecule has 0 radical (unpaired) electrons. The van der Waals surface area contributed by atoms with Gasteiger partial charge < -0.3 is 11.1 Å². The zero-order chi connectivity index (χ0) is 12.8. The topological polar surface area (TPSA) is 80.9 Å². The highest BCUT2D eigenvalue weighted by atomic mass is 16.1. The number of hydrogen-bond acceptors (Lipinski definition) is 4. The summed E-state index contributed by atoms with van der Waals surface area (Å²) in [5.74, 6) is 0.525. The Kier molecular flexibility index (Phi) is 3.66. The van der Waals surface area contributed by atoms with Gasteiger partial charge in [0.25, 0.3) is 0 Å². The van der Waals surface area contributed by atoms with E-state index >= 15 is 0 Å². The second-order valence-electron chi connectivity index (χ2n) is 3.56. The van der Waals surface area contributed by atoms with Crippen molar-refractivity contribution in [1.82, 2.24) is 9.97 Å². The lowest BCUT2D eigenvalue weighted by atomic mass is 10.2. The summed E-state index contributed by atoms with van der Waals surface area (Å²) in [4.78, 5) is 19.5. The van der Waals surface area contributed by atoms with E-state index in [9.17, 15) is 4.79 Å². The van der Waals surface area contributed by atoms with Crippen LogP contribution in [0.25, 0.3) is 6.08 Å². The monoisotopic (exact) mass is 240 g/mol. The molecule has 1 amide bonds. The van der Waals surface area contributed by atoms with Gasteiger partial charge in [-0.2, -0.15) is 0 Å². The summed E-state index contributed by atoms with van der Waals surface area (Å²) in [6, 6.07) is 8.71. The molecule has 0 atom stereocenters. The minimum Gasteiger partial charge on any atom is -0.384 e. The SMILES string of the molecule is Nc1cccc(NC(=O)/C=C/c2cccnc2)n1. The maximum atomic E-state index is 11.6. The van der Waals surface area contributed by atoms with E-state index in [4.69, 9.17) is 5.73 Å². The maximum absolute atomic E-state index is 11.6. The van der Waals surface area contributed by atoms with Crippen molar-refractivity contribution in [3.8, 4) is 0 Å². The van der Waals surface area contributed by atoms with E-state index in [1.54, 1.807) is 42.7 Å². The Bertz CT molecular complexity index is 566. The number of nitrogens with one attached hydrogen (secondary N) is 1. The van der Waals surface area contributed by atoms with Crippen LogP contribution in [-0.4, -0.2) is 15.9 Å². The van der Waals surface area contributed by atoms with E-state index in [1.807, 2.05) is 6.07 Å². The Hall–Kier alpha value is -2.69. The molecule has 5 heteroatoms. The van der Waals surface area contributed by atoms with Gasteiger partial charge in [-0.05, 0) is 29.8 Å². The molecule has 2 aromatic heterocycles. The minimum absolute atomic E-state index is 0.267. The van der Waals surface area contributed by atoms with Gasteiger partial charge in [-0.15, -0.1) is 0 Å². The van der Waals surface area contributed by atoms with E-state index in [2.05, 4.69) is 15.3 Å². The lowest BCUT2D eigenvalue weighted by Crippen LogP contribution is -2.09. The molecule has 0 aromatic carbocycles. The number of amides is 1. The third-order valence-electron chi connectivity index (χ3n) is 2.13. The molecular formula is C13H12N4O. The number of nitrogen functional groups attached to an aromatic ring is 1. The van der Waals surface area contributed by atoms with Crippen molar-refractivity contribution >= 4 is 23.6 Å². The molecule has 0 aliphatic carbocycles. The standard InChI is InChI=1S/C13H12N4O/c14-11-4-1-5-12(16-11)17-13(18)7-6-10-3-2-8-15-9-10/h1-9H,(H3,14,16,17,18)/b7-6+. The first-order valence-electron chi connectivity index (χ1n) is 5.36. The molecule has 0 unspecified atom stereocenters. The second-order valence-corrected chi connectivity index (χ2v) is 3.56. The highest BCUT2D eigenvalue weighted by molar-refractivity contribution is 6.01. The molecule has 0 fully saturated rings. The van der Waals surface area contributed by atoms with Crippen molar-refractivity contribution in [1.29, 1.82) is 0 Å². The summed E-state index contributed by atoms with van der Waals surface area (Å²) in [5, 5.41) is 2.62. The van der Waals surface area contributed by atoms with Crippen LogP contribution in [0, 0.1) is 0 Å². The van der Waals surface area contributed by atoms with Crippen LogP contribution < -0.4 is 11.1 Å². The largest absolute Gasteiger partial charge is 0.384 e. The van der Waals surface area contributed by atoms with E-state index < -0.39 is 0 Å². The number of nitrogens with zero attached hydrogens (tertiary/aromatic N) is 2. The van der Waals surface area contributed by atoms with Gasteiger partial charge in [0.2, 0.25) is 5.91 Å². The minimum atomic E-state index is -0.267. The molecule has 0 aliphatic heterocycles. The normalized spacial score (nSPS) is 10.4. The lowest BCUT2D eigenvalue weighted by Gasteiger charge is -2.01. The van der Waals surface area contributed by atoms with Crippen LogP contribution >= 0.6 is 0 Å². The average molecular weight is 240 g/mol. The van der Waals surface area contributed by atoms with E-state index in [-0.39, 0.29) is 5.91 Å².